The highest BCUT2D eigenvalue weighted by Crippen LogP contribution is 2.25. The van der Waals surface area contributed by atoms with E-state index in [1.165, 1.54) is 0 Å². The van der Waals surface area contributed by atoms with E-state index < -0.39 is 18.0 Å². The SMILES string of the molecule is N.N.N.N.N.O=P(O)(O)O.O=[N+]([O-])O.O=[N+]([O-])O. The van der Waals surface area contributed by atoms with Gasteiger partial charge in [-0.25, -0.2) is 4.57 Å². The van der Waals surface area contributed by atoms with E-state index in [2.05, 4.69) is 0 Å². The van der Waals surface area contributed by atoms with Crippen LogP contribution < -0.4 is 30.8 Å². The van der Waals surface area contributed by atoms with Crippen molar-refractivity contribution in [1.29, 1.82) is 0 Å². The maximum atomic E-state index is 8.88. The quantitative estimate of drug-likeness (QED) is 0.148. The summed E-state index contributed by atoms with van der Waals surface area (Å²) in [7, 11) is -4.64. The minimum Gasteiger partial charge on any atom is -0.344 e. The summed E-state index contributed by atoms with van der Waals surface area (Å²) >= 11 is 0. The average molecular weight is 309 g/mol. The lowest BCUT2D eigenvalue weighted by atomic mass is 13.1. The highest BCUT2D eigenvalue weighted by molar-refractivity contribution is 7.45. The molecule has 0 aliphatic carbocycles. The molecule has 0 atom stereocenters. The Morgan fingerprint density at radius 3 is 0.722 bits per heavy atom. The fourth-order valence-electron chi connectivity index (χ4n) is 0. The third-order valence-electron chi connectivity index (χ3n) is 0. The van der Waals surface area contributed by atoms with Crippen LogP contribution in [-0.4, -0.2) is 35.3 Å². The molecule has 20 N–H and O–H groups in total. The summed E-state index contributed by atoms with van der Waals surface area (Å²) in [5, 5.41) is 27.3. The molecular formula is H20N7O10P. The van der Waals surface area contributed by atoms with E-state index in [4.69, 9.17) is 49.9 Å². The number of hydrogen-bond acceptors (Lipinski definition) is 10. The molecule has 0 amide bonds. The van der Waals surface area contributed by atoms with E-state index >= 15 is 0 Å². The fourth-order valence-corrected chi connectivity index (χ4v) is 0. The van der Waals surface area contributed by atoms with Gasteiger partial charge in [-0.1, -0.05) is 0 Å². The summed E-state index contributed by atoms with van der Waals surface area (Å²) in [5.41, 5.74) is 0. The van der Waals surface area contributed by atoms with Gasteiger partial charge in [0, 0.05) is 0 Å². The molecule has 17 nitrogen and oxygen atoms in total. The number of phosphoric acid groups is 1. The Hall–Kier alpha value is -1.69. The predicted octanol–water partition coefficient (Wildman–Crippen LogP) is -0.814. The van der Waals surface area contributed by atoms with Crippen molar-refractivity contribution in [2.45, 2.75) is 0 Å². The minimum atomic E-state index is -4.64. The molecule has 0 radical (unpaired) electrons. The van der Waals surface area contributed by atoms with Gasteiger partial charge in [-0.3, -0.25) is 0 Å². The maximum Gasteiger partial charge on any atom is 0.466 e. The molecule has 0 aromatic rings. The monoisotopic (exact) mass is 309 g/mol. The van der Waals surface area contributed by atoms with Gasteiger partial charge in [0.2, 0.25) is 0 Å². The molecule has 0 aromatic carbocycles. The second-order valence-electron chi connectivity index (χ2n) is 0.989. The minimum absolute atomic E-state index is 0. The molecule has 0 spiro atoms. The lowest BCUT2D eigenvalue weighted by Gasteiger charge is -1.82. The van der Waals surface area contributed by atoms with Crippen molar-refractivity contribution in [2.75, 3.05) is 0 Å². The molecule has 0 heterocycles. The summed E-state index contributed by atoms with van der Waals surface area (Å²) in [6.07, 6.45) is 0. The molecule has 0 rings (SSSR count). The lowest BCUT2D eigenvalue weighted by Crippen LogP contribution is -1.81. The number of hydrogen-bond donors (Lipinski definition) is 10. The predicted molar refractivity (Wildman–Crippen MR) is 56.9 cm³/mol. The zero-order chi connectivity index (χ0) is 11.7. The van der Waals surface area contributed by atoms with Crippen molar-refractivity contribution >= 4 is 7.82 Å². The van der Waals surface area contributed by atoms with Gasteiger partial charge in [0.25, 0.3) is 10.2 Å². The highest BCUT2D eigenvalue weighted by atomic mass is 31.2. The van der Waals surface area contributed by atoms with Crippen molar-refractivity contribution in [3.05, 3.63) is 20.2 Å². The Balaban J connectivity index is -0.0000000123. The van der Waals surface area contributed by atoms with Crippen LogP contribution in [0.2, 0.25) is 0 Å². The fraction of sp³-hybridized carbons (Fsp3) is 0. The van der Waals surface area contributed by atoms with Crippen molar-refractivity contribution in [3.8, 4) is 0 Å². The smallest absolute Gasteiger partial charge is 0.344 e. The summed E-state index contributed by atoms with van der Waals surface area (Å²) in [5.74, 6) is 0. The van der Waals surface area contributed by atoms with Gasteiger partial charge in [0.1, 0.15) is 0 Å². The van der Waals surface area contributed by atoms with Crippen LogP contribution in [0.15, 0.2) is 0 Å². The van der Waals surface area contributed by atoms with E-state index in [0.717, 1.165) is 0 Å². The first kappa shape index (κ1) is 55.4. The van der Waals surface area contributed by atoms with Crippen LogP contribution in [0.1, 0.15) is 0 Å². The van der Waals surface area contributed by atoms with Gasteiger partial charge in [0.15, 0.2) is 0 Å². The van der Waals surface area contributed by atoms with Crippen molar-refractivity contribution in [1.82, 2.24) is 30.8 Å². The Morgan fingerprint density at radius 2 is 0.722 bits per heavy atom. The van der Waals surface area contributed by atoms with Crippen LogP contribution in [0.4, 0.5) is 0 Å². The van der Waals surface area contributed by atoms with Gasteiger partial charge < -0.3 is 55.8 Å². The number of nitrogens with zero attached hydrogens (tertiary/aromatic N) is 2. The van der Waals surface area contributed by atoms with Gasteiger partial charge in [-0.05, 0) is 0 Å². The molecule has 0 aromatic heterocycles. The first-order chi connectivity index (χ1) is 5.46. The topological polar surface area (TPSA) is 380 Å². The van der Waals surface area contributed by atoms with Crippen molar-refractivity contribution in [3.63, 3.8) is 0 Å². The number of rotatable bonds is 0. The largest absolute Gasteiger partial charge is 0.466 e. The molecule has 0 bridgehead atoms. The zero-order valence-electron chi connectivity index (χ0n) is 9.15. The summed E-state index contributed by atoms with van der Waals surface area (Å²) in [6, 6.07) is 0. The van der Waals surface area contributed by atoms with Crippen LogP contribution in [0.25, 0.3) is 0 Å². The second-order valence-corrected chi connectivity index (χ2v) is 2.02. The summed E-state index contributed by atoms with van der Waals surface area (Å²) < 4.78 is 8.88. The third-order valence-corrected chi connectivity index (χ3v) is 0. The van der Waals surface area contributed by atoms with Gasteiger partial charge in [-0.15, -0.1) is 20.2 Å². The van der Waals surface area contributed by atoms with E-state index in [0.29, 0.717) is 0 Å². The normalized spacial score (nSPS) is 5.94. The average Bonchev–Trinajstić information content (AvgIpc) is 1.50. The highest BCUT2D eigenvalue weighted by Gasteiger charge is 2.00. The van der Waals surface area contributed by atoms with E-state index in [-0.39, 0.29) is 30.8 Å². The van der Waals surface area contributed by atoms with Crippen LogP contribution >= 0.6 is 7.82 Å². The molecule has 18 heavy (non-hydrogen) atoms. The third kappa shape index (κ3) is 888. The standard InChI is InChI=1S/2HNO3.5H3N.H3O4P/c2*2-1(3)4;;;;;;1-5(2,3)4/h2*(H,2,3,4);5*1H3;(H3,1,2,3,4). The Kier molecular flexibility index (Phi) is 90.7. The molecule has 0 unspecified atom stereocenters. The van der Waals surface area contributed by atoms with Crippen LogP contribution in [0, 0.1) is 20.2 Å². The van der Waals surface area contributed by atoms with Crippen LogP contribution in [0.5, 0.6) is 0 Å². The molecular weight excluding hydrogens is 289 g/mol. The van der Waals surface area contributed by atoms with E-state index in [1.54, 1.807) is 0 Å². The summed E-state index contributed by atoms with van der Waals surface area (Å²) in [6.45, 7) is 0. The van der Waals surface area contributed by atoms with E-state index in [1.807, 2.05) is 0 Å². The first-order valence-electron chi connectivity index (χ1n) is 1.91. The molecule has 0 fully saturated rings. The van der Waals surface area contributed by atoms with Gasteiger partial charge >= 0.3 is 7.82 Å². The molecule has 0 aliphatic heterocycles. The first-order valence-corrected chi connectivity index (χ1v) is 3.48. The molecule has 0 saturated heterocycles. The Morgan fingerprint density at radius 1 is 0.722 bits per heavy atom. The van der Waals surface area contributed by atoms with Crippen LogP contribution in [0.3, 0.4) is 0 Å². The Bertz CT molecular complexity index is 170. The zero-order valence-corrected chi connectivity index (χ0v) is 10.0. The van der Waals surface area contributed by atoms with Crippen molar-refractivity contribution in [2.24, 2.45) is 0 Å². The van der Waals surface area contributed by atoms with Crippen molar-refractivity contribution < 1.29 is 39.8 Å². The molecule has 0 saturated carbocycles. The van der Waals surface area contributed by atoms with E-state index in [9.17, 15) is 0 Å². The van der Waals surface area contributed by atoms with Gasteiger partial charge in [-0.2, -0.15) is 0 Å². The lowest BCUT2D eigenvalue weighted by molar-refractivity contribution is -0.742. The molecule has 18 heteroatoms. The Labute approximate surface area is 99.8 Å². The summed E-state index contributed by atoms with van der Waals surface area (Å²) in [4.78, 5) is 38.3. The van der Waals surface area contributed by atoms with Crippen LogP contribution in [-0.2, 0) is 4.57 Å². The molecule has 0 aliphatic rings. The molecule has 120 valence electrons. The van der Waals surface area contributed by atoms with Gasteiger partial charge in [0.05, 0.1) is 0 Å². The second kappa shape index (κ2) is 29.5. The maximum absolute atomic E-state index is 8.88.